The Labute approximate surface area is 103 Å². The molecule has 17 heavy (non-hydrogen) atoms. The highest BCUT2D eigenvalue weighted by atomic mass is 16.5. The summed E-state index contributed by atoms with van der Waals surface area (Å²) in [5.41, 5.74) is 0. The number of hydrogen-bond acceptors (Lipinski definition) is 3. The minimum Gasteiger partial charge on any atom is -0.467 e. The molecule has 0 aromatic carbocycles. The molecule has 1 aliphatic rings. The van der Waals surface area contributed by atoms with Gasteiger partial charge < -0.3 is 14.5 Å². The predicted molar refractivity (Wildman–Crippen MR) is 64.7 cm³/mol. The molecule has 0 aromatic heterocycles. The fraction of sp³-hybridized carbons (Fsp3) is 0.833. The van der Waals surface area contributed by atoms with Crippen molar-refractivity contribution in [1.29, 1.82) is 0 Å². The van der Waals surface area contributed by atoms with Crippen molar-refractivity contribution in [1.82, 2.24) is 9.80 Å². The highest BCUT2D eigenvalue weighted by molar-refractivity contribution is 5.83. The highest BCUT2D eigenvalue weighted by Gasteiger charge is 2.34. The zero-order valence-corrected chi connectivity index (χ0v) is 10.9. The van der Waals surface area contributed by atoms with E-state index >= 15 is 0 Å². The van der Waals surface area contributed by atoms with E-state index in [-0.39, 0.29) is 12.0 Å². The molecule has 0 radical (unpaired) electrons. The SMILES string of the molecule is CCN(CC)C(=O)N1CCCC[C@@H]1C(=O)OC. The van der Waals surface area contributed by atoms with E-state index in [4.69, 9.17) is 4.74 Å². The molecule has 1 rings (SSSR count). The van der Waals surface area contributed by atoms with Gasteiger partial charge in [0.1, 0.15) is 6.04 Å². The first-order chi connectivity index (χ1) is 8.15. The maximum atomic E-state index is 12.2. The monoisotopic (exact) mass is 242 g/mol. The number of hydrogen-bond donors (Lipinski definition) is 0. The van der Waals surface area contributed by atoms with Gasteiger partial charge in [-0.15, -0.1) is 0 Å². The Morgan fingerprint density at radius 1 is 1.29 bits per heavy atom. The van der Waals surface area contributed by atoms with Crippen LogP contribution in [0.1, 0.15) is 33.1 Å². The molecule has 0 spiro atoms. The van der Waals surface area contributed by atoms with Crippen molar-refractivity contribution in [2.24, 2.45) is 0 Å². The van der Waals surface area contributed by atoms with E-state index in [1.807, 2.05) is 13.8 Å². The van der Waals surface area contributed by atoms with E-state index in [0.717, 1.165) is 12.8 Å². The summed E-state index contributed by atoms with van der Waals surface area (Å²) in [6.45, 7) is 5.87. The molecule has 5 heteroatoms. The number of ether oxygens (including phenoxy) is 1. The first kappa shape index (κ1) is 13.8. The molecule has 0 unspecified atom stereocenters. The van der Waals surface area contributed by atoms with Crippen LogP contribution in [0.25, 0.3) is 0 Å². The number of methoxy groups -OCH3 is 1. The van der Waals surface area contributed by atoms with E-state index in [9.17, 15) is 9.59 Å². The number of amides is 2. The van der Waals surface area contributed by atoms with Crippen molar-refractivity contribution in [3.63, 3.8) is 0 Å². The zero-order valence-electron chi connectivity index (χ0n) is 10.9. The maximum absolute atomic E-state index is 12.2. The third kappa shape index (κ3) is 3.11. The van der Waals surface area contributed by atoms with E-state index in [1.165, 1.54) is 7.11 Å². The third-order valence-electron chi connectivity index (χ3n) is 3.26. The highest BCUT2D eigenvalue weighted by Crippen LogP contribution is 2.19. The molecule has 5 nitrogen and oxygen atoms in total. The summed E-state index contributed by atoms with van der Waals surface area (Å²) in [6.07, 6.45) is 2.64. The van der Waals surface area contributed by atoms with Crippen LogP contribution in [-0.4, -0.2) is 54.6 Å². The fourth-order valence-corrected chi connectivity index (χ4v) is 2.22. The molecule has 0 aliphatic carbocycles. The van der Waals surface area contributed by atoms with Crippen LogP contribution in [0.5, 0.6) is 0 Å². The summed E-state index contributed by atoms with van der Waals surface area (Å²) in [5.74, 6) is -0.301. The van der Waals surface area contributed by atoms with E-state index in [0.29, 0.717) is 26.1 Å². The van der Waals surface area contributed by atoms with Gasteiger partial charge in [0.05, 0.1) is 7.11 Å². The van der Waals surface area contributed by atoms with Crippen LogP contribution >= 0.6 is 0 Å². The smallest absolute Gasteiger partial charge is 0.328 e. The first-order valence-corrected chi connectivity index (χ1v) is 6.29. The minimum atomic E-state index is -0.401. The molecule has 1 atom stereocenters. The van der Waals surface area contributed by atoms with Crippen molar-refractivity contribution >= 4 is 12.0 Å². The molecule has 1 heterocycles. The quantitative estimate of drug-likeness (QED) is 0.704. The topological polar surface area (TPSA) is 49.9 Å². The van der Waals surface area contributed by atoms with Gasteiger partial charge in [-0.05, 0) is 33.1 Å². The number of urea groups is 1. The van der Waals surface area contributed by atoms with Crippen LogP contribution in [0.2, 0.25) is 0 Å². The van der Waals surface area contributed by atoms with E-state index < -0.39 is 6.04 Å². The Morgan fingerprint density at radius 2 is 1.94 bits per heavy atom. The van der Waals surface area contributed by atoms with Crippen LogP contribution in [0, 0.1) is 0 Å². The lowest BCUT2D eigenvalue weighted by Gasteiger charge is -2.36. The lowest BCUT2D eigenvalue weighted by Crippen LogP contribution is -2.53. The van der Waals surface area contributed by atoms with Crippen molar-refractivity contribution < 1.29 is 14.3 Å². The number of esters is 1. The second-order valence-electron chi connectivity index (χ2n) is 4.18. The molecule has 1 aliphatic heterocycles. The Bertz CT molecular complexity index is 277. The summed E-state index contributed by atoms with van der Waals surface area (Å²) in [6, 6.07) is -0.452. The Kier molecular flexibility index (Phi) is 5.25. The van der Waals surface area contributed by atoms with E-state index in [1.54, 1.807) is 9.80 Å². The molecular weight excluding hydrogens is 220 g/mol. The number of likely N-dealkylation sites (tertiary alicyclic amines) is 1. The lowest BCUT2D eigenvalue weighted by molar-refractivity contribution is -0.147. The number of rotatable bonds is 3. The second kappa shape index (κ2) is 6.47. The first-order valence-electron chi connectivity index (χ1n) is 6.29. The summed E-state index contributed by atoms with van der Waals surface area (Å²) in [5, 5.41) is 0. The second-order valence-corrected chi connectivity index (χ2v) is 4.18. The number of carbonyl (C=O) groups is 2. The summed E-state index contributed by atoms with van der Waals surface area (Å²) < 4.78 is 4.77. The van der Waals surface area contributed by atoms with Gasteiger partial charge in [-0.25, -0.2) is 9.59 Å². The number of carbonyl (C=O) groups excluding carboxylic acids is 2. The molecule has 98 valence electrons. The van der Waals surface area contributed by atoms with Gasteiger partial charge in [0.2, 0.25) is 0 Å². The molecule has 1 saturated heterocycles. The normalized spacial score (nSPS) is 19.9. The zero-order chi connectivity index (χ0) is 12.8. The van der Waals surface area contributed by atoms with Gasteiger partial charge in [-0.2, -0.15) is 0 Å². The van der Waals surface area contributed by atoms with Crippen LogP contribution in [-0.2, 0) is 9.53 Å². The standard InChI is InChI=1S/C12H22N2O3/c1-4-13(5-2)12(16)14-9-7-6-8-10(14)11(15)17-3/h10H,4-9H2,1-3H3/t10-/m1/s1. The summed E-state index contributed by atoms with van der Waals surface area (Å²) >= 11 is 0. The van der Waals surface area contributed by atoms with Crippen LogP contribution in [0.15, 0.2) is 0 Å². The summed E-state index contributed by atoms with van der Waals surface area (Å²) in [4.78, 5) is 27.3. The van der Waals surface area contributed by atoms with Crippen LogP contribution in [0.3, 0.4) is 0 Å². The molecule has 2 amide bonds. The number of piperidine rings is 1. The largest absolute Gasteiger partial charge is 0.467 e. The van der Waals surface area contributed by atoms with Gasteiger partial charge >= 0.3 is 12.0 Å². The van der Waals surface area contributed by atoms with Gasteiger partial charge in [0.25, 0.3) is 0 Å². The average Bonchev–Trinajstić information content (AvgIpc) is 2.39. The lowest BCUT2D eigenvalue weighted by atomic mass is 10.0. The van der Waals surface area contributed by atoms with Gasteiger partial charge in [-0.3, -0.25) is 0 Å². The fourth-order valence-electron chi connectivity index (χ4n) is 2.22. The molecule has 0 N–H and O–H groups in total. The Morgan fingerprint density at radius 3 is 2.47 bits per heavy atom. The maximum Gasteiger partial charge on any atom is 0.328 e. The van der Waals surface area contributed by atoms with Crippen molar-refractivity contribution in [3.05, 3.63) is 0 Å². The summed E-state index contributed by atoms with van der Waals surface area (Å²) in [7, 11) is 1.37. The third-order valence-corrected chi connectivity index (χ3v) is 3.26. The van der Waals surface area contributed by atoms with Crippen molar-refractivity contribution in [2.75, 3.05) is 26.7 Å². The Balaban J connectivity index is 2.76. The van der Waals surface area contributed by atoms with Gasteiger partial charge in [0, 0.05) is 19.6 Å². The van der Waals surface area contributed by atoms with Crippen LogP contribution in [0.4, 0.5) is 4.79 Å². The average molecular weight is 242 g/mol. The van der Waals surface area contributed by atoms with Crippen molar-refractivity contribution in [3.8, 4) is 0 Å². The molecule has 0 saturated carbocycles. The van der Waals surface area contributed by atoms with Gasteiger partial charge in [0.15, 0.2) is 0 Å². The van der Waals surface area contributed by atoms with E-state index in [2.05, 4.69) is 0 Å². The minimum absolute atomic E-state index is 0.0508. The molecule has 1 fully saturated rings. The Hall–Kier alpha value is -1.26. The molecule has 0 aromatic rings. The number of nitrogens with zero attached hydrogens (tertiary/aromatic N) is 2. The van der Waals surface area contributed by atoms with Crippen LogP contribution < -0.4 is 0 Å². The molecule has 0 bridgehead atoms. The van der Waals surface area contributed by atoms with Gasteiger partial charge in [-0.1, -0.05) is 0 Å². The molecular formula is C12H22N2O3. The predicted octanol–water partition coefficient (Wildman–Crippen LogP) is 1.48. The van der Waals surface area contributed by atoms with Crippen molar-refractivity contribution in [2.45, 2.75) is 39.2 Å².